The highest BCUT2D eigenvalue weighted by Gasteiger charge is 2.28. The third-order valence-electron chi connectivity index (χ3n) is 3.26. The number of nitrogens with zero attached hydrogens (tertiary/aromatic N) is 3. The van der Waals surface area contributed by atoms with E-state index in [1.807, 2.05) is 0 Å². The van der Waals surface area contributed by atoms with E-state index in [1.165, 1.54) is 22.9 Å². The Balaban J connectivity index is 2.03. The van der Waals surface area contributed by atoms with E-state index in [0.29, 0.717) is 25.7 Å². The predicted molar refractivity (Wildman–Crippen MR) is 69.0 cm³/mol. The largest absolute Gasteiger partial charge is 0.395 e. The molecule has 1 aromatic heterocycles. The van der Waals surface area contributed by atoms with Gasteiger partial charge in [-0.3, -0.25) is 19.8 Å². The first-order chi connectivity index (χ1) is 9.11. The lowest BCUT2D eigenvalue weighted by atomic mass is 10.4. The van der Waals surface area contributed by atoms with Crippen LogP contribution in [0.2, 0.25) is 0 Å². The summed E-state index contributed by atoms with van der Waals surface area (Å²) in [6.07, 6.45) is 3.50. The van der Waals surface area contributed by atoms with Gasteiger partial charge in [0.2, 0.25) is 0 Å². The van der Waals surface area contributed by atoms with Gasteiger partial charge in [-0.2, -0.15) is 0 Å². The number of aliphatic hydroxyl groups is 1. The van der Waals surface area contributed by atoms with E-state index < -0.39 is 4.92 Å². The van der Waals surface area contributed by atoms with Crippen LogP contribution in [-0.4, -0.2) is 45.2 Å². The minimum Gasteiger partial charge on any atom is -0.395 e. The summed E-state index contributed by atoms with van der Waals surface area (Å²) in [6.45, 7) is 1.68. The molecule has 1 saturated carbocycles. The Morgan fingerprint density at radius 3 is 2.74 bits per heavy atom. The molecule has 0 saturated heterocycles. The fourth-order valence-electron chi connectivity index (χ4n) is 2.08. The average molecular weight is 267 g/mol. The monoisotopic (exact) mass is 267 g/mol. The standard InChI is InChI=1S/C12H17N3O4/c16-8-7-13(10-1-2-10)5-6-14-9-11(15(18)19)3-4-12(14)17/h3-4,9-10,16H,1-2,5-8H2. The molecule has 0 radical (unpaired) electrons. The van der Waals surface area contributed by atoms with Gasteiger partial charge in [-0.05, 0) is 12.8 Å². The molecule has 7 heteroatoms. The van der Waals surface area contributed by atoms with E-state index in [9.17, 15) is 14.9 Å². The Hall–Kier alpha value is -1.73. The van der Waals surface area contributed by atoms with Crippen molar-refractivity contribution in [2.45, 2.75) is 25.4 Å². The minimum absolute atomic E-state index is 0.0836. The highest BCUT2D eigenvalue weighted by atomic mass is 16.6. The summed E-state index contributed by atoms with van der Waals surface area (Å²) in [4.78, 5) is 23.9. The van der Waals surface area contributed by atoms with Crippen molar-refractivity contribution in [3.05, 3.63) is 38.8 Å². The number of pyridine rings is 1. The lowest BCUT2D eigenvalue weighted by molar-refractivity contribution is -0.385. The van der Waals surface area contributed by atoms with Crippen LogP contribution in [0, 0.1) is 10.1 Å². The molecule has 1 N–H and O–H groups in total. The minimum atomic E-state index is -0.512. The van der Waals surface area contributed by atoms with Gasteiger partial charge in [-0.15, -0.1) is 0 Å². The fourth-order valence-corrected chi connectivity index (χ4v) is 2.08. The van der Waals surface area contributed by atoms with Crippen LogP contribution in [0.1, 0.15) is 12.8 Å². The molecule has 0 spiro atoms. The second-order valence-corrected chi connectivity index (χ2v) is 4.67. The molecule has 1 fully saturated rings. The lowest BCUT2D eigenvalue weighted by Gasteiger charge is -2.20. The van der Waals surface area contributed by atoms with Crippen molar-refractivity contribution in [1.29, 1.82) is 0 Å². The summed E-state index contributed by atoms with van der Waals surface area (Å²) < 4.78 is 1.35. The van der Waals surface area contributed by atoms with Crippen molar-refractivity contribution in [3.63, 3.8) is 0 Å². The summed E-state index contributed by atoms with van der Waals surface area (Å²) in [5.41, 5.74) is -0.329. The van der Waals surface area contributed by atoms with E-state index in [4.69, 9.17) is 5.11 Å². The third-order valence-corrected chi connectivity index (χ3v) is 3.26. The highest BCUT2D eigenvalue weighted by Crippen LogP contribution is 2.26. The van der Waals surface area contributed by atoms with Crippen molar-refractivity contribution >= 4 is 5.69 Å². The van der Waals surface area contributed by atoms with E-state index in [-0.39, 0.29) is 17.9 Å². The van der Waals surface area contributed by atoms with Crippen LogP contribution in [0.15, 0.2) is 23.1 Å². The average Bonchev–Trinajstić information content (AvgIpc) is 3.20. The molecule has 7 nitrogen and oxygen atoms in total. The van der Waals surface area contributed by atoms with E-state index in [0.717, 1.165) is 12.8 Å². The maximum Gasteiger partial charge on any atom is 0.285 e. The first-order valence-corrected chi connectivity index (χ1v) is 6.31. The zero-order valence-corrected chi connectivity index (χ0v) is 10.6. The molecule has 0 bridgehead atoms. The van der Waals surface area contributed by atoms with Crippen LogP contribution in [0.4, 0.5) is 5.69 Å². The zero-order chi connectivity index (χ0) is 13.8. The van der Waals surface area contributed by atoms with Crippen LogP contribution in [0.3, 0.4) is 0 Å². The van der Waals surface area contributed by atoms with Crippen LogP contribution < -0.4 is 5.56 Å². The molecule has 0 atom stereocenters. The number of aliphatic hydroxyl groups excluding tert-OH is 1. The molecule has 19 heavy (non-hydrogen) atoms. The molecule has 2 rings (SSSR count). The van der Waals surface area contributed by atoms with Gasteiger partial charge in [0.1, 0.15) is 0 Å². The number of nitro groups is 1. The van der Waals surface area contributed by atoms with E-state index >= 15 is 0 Å². The first kappa shape index (κ1) is 13.7. The molecule has 1 aromatic rings. The molecule has 104 valence electrons. The Labute approximate surface area is 110 Å². The molecule has 1 aliphatic carbocycles. The van der Waals surface area contributed by atoms with Crippen molar-refractivity contribution in [1.82, 2.24) is 9.47 Å². The number of aromatic nitrogens is 1. The normalized spacial score (nSPS) is 14.8. The SMILES string of the molecule is O=c1ccc([N+](=O)[O-])cn1CCN(CCO)C1CC1. The van der Waals surface area contributed by atoms with Gasteiger partial charge in [0.25, 0.3) is 11.2 Å². The summed E-state index contributed by atoms with van der Waals surface area (Å²) in [5, 5.41) is 19.7. The Morgan fingerprint density at radius 1 is 1.42 bits per heavy atom. The molecule has 0 unspecified atom stereocenters. The van der Waals surface area contributed by atoms with Crippen molar-refractivity contribution in [2.24, 2.45) is 0 Å². The molecular formula is C12H17N3O4. The zero-order valence-electron chi connectivity index (χ0n) is 10.6. The molecular weight excluding hydrogens is 250 g/mol. The van der Waals surface area contributed by atoms with Gasteiger partial charge in [0, 0.05) is 37.8 Å². The van der Waals surface area contributed by atoms with Gasteiger partial charge in [-0.25, -0.2) is 0 Å². The van der Waals surface area contributed by atoms with Crippen LogP contribution >= 0.6 is 0 Å². The summed E-state index contributed by atoms with van der Waals surface area (Å²) in [6, 6.07) is 2.91. The second-order valence-electron chi connectivity index (χ2n) is 4.67. The van der Waals surface area contributed by atoms with E-state index in [2.05, 4.69) is 4.90 Å². The lowest BCUT2D eigenvalue weighted by Crippen LogP contribution is -2.34. The quantitative estimate of drug-likeness (QED) is 0.563. The van der Waals surface area contributed by atoms with Gasteiger partial charge < -0.3 is 9.67 Å². The molecule has 1 aliphatic rings. The Kier molecular flexibility index (Phi) is 4.28. The van der Waals surface area contributed by atoms with Crippen LogP contribution in [0.5, 0.6) is 0 Å². The fraction of sp³-hybridized carbons (Fsp3) is 0.583. The number of hydrogen-bond donors (Lipinski definition) is 1. The summed E-state index contributed by atoms with van der Waals surface area (Å²) in [5.74, 6) is 0. The maximum atomic E-state index is 11.6. The number of hydrogen-bond acceptors (Lipinski definition) is 5. The van der Waals surface area contributed by atoms with Crippen LogP contribution in [-0.2, 0) is 6.54 Å². The van der Waals surface area contributed by atoms with E-state index in [1.54, 1.807) is 0 Å². The number of rotatable bonds is 7. The van der Waals surface area contributed by atoms with Gasteiger partial charge in [-0.1, -0.05) is 0 Å². The smallest absolute Gasteiger partial charge is 0.285 e. The topological polar surface area (TPSA) is 88.6 Å². The Morgan fingerprint density at radius 2 is 2.16 bits per heavy atom. The third kappa shape index (κ3) is 3.62. The summed E-state index contributed by atoms with van der Waals surface area (Å²) in [7, 11) is 0. The molecule has 0 aliphatic heterocycles. The Bertz CT molecular complexity index is 510. The predicted octanol–water partition coefficient (Wildman–Crippen LogP) is 0.213. The van der Waals surface area contributed by atoms with Gasteiger partial charge in [0.05, 0.1) is 17.7 Å². The highest BCUT2D eigenvalue weighted by molar-refractivity contribution is 5.24. The molecule has 0 amide bonds. The summed E-state index contributed by atoms with van der Waals surface area (Å²) >= 11 is 0. The van der Waals surface area contributed by atoms with Crippen molar-refractivity contribution in [3.8, 4) is 0 Å². The van der Waals surface area contributed by atoms with Gasteiger partial charge in [0.15, 0.2) is 0 Å². The maximum absolute atomic E-state index is 11.6. The second kappa shape index (κ2) is 5.94. The van der Waals surface area contributed by atoms with Crippen molar-refractivity contribution in [2.75, 3.05) is 19.7 Å². The van der Waals surface area contributed by atoms with Crippen LogP contribution in [0.25, 0.3) is 0 Å². The van der Waals surface area contributed by atoms with Gasteiger partial charge >= 0.3 is 0 Å². The molecule has 0 aromatic carbocycles. The first-order valence-electron chi connectivity index (χ1n) is 6.31. The van der Waals surface area contributed by atoms with Crippen molar-refractivity contribution < 1.29 is 10.0 Å². The molecule has 1 heterocycles.